The first kappa shape index (κ1) is 17.8. The van der Waals surface area contributed by atoms with Crippen molar-refractivity contribution in [2.24, 2.45) is 16.8 Å². The van der Waals surface area contributed by atoms with E-state index in [0.29, 0.717) is 19.0 Å². The number of rotatable bonds is 3. The van der Waals surface area contributed by atoms with Crippen LogP contribution in [0, 0.1) is 5.92 Å². The van der Waals surface area contributed by atoms with E-state index in [2.05, 4.69) is 24.3 Å². The predicted molar refractivity (Wildman–Crippen MR) is 85.0 cm³/mol. The molecule has 1 aliphatic rings. The second-order valence-electron chi connectivity index (χ2n) is 6.66. The van der Waals surface area contributed by atoms with Crippen molar-refractivity contribution in [3.8, 4) is 0 Å². The summed E-state index contributed by atoms with van der Waals surface area (Å²) in [6.45, 7) is 11.2. The van der Waals surface area contributed by atoms with Crippen LogP contribution in [0.25, 0.3) is 0 Å². The lowest BCUT2D eigenvalue weighted by Gasteiger charge is -2.33. The molecule has 3 N–H and O–H groups in total. The van der Waals surface area contributed by atoms with E-state index < -0.39 is 5.60 Å². The largest absolute Gasteiger partial charge is 0.444 e. The predicted octanol–water partition coefficient (Wildman–Crippen LogP) is 2.29. The molecule has 1 fully saturated rings. The number of amidine groups is 1. The average molecular weight is 298 g/mol. The smallest absolute Gasteiger partial charge is 0.410 e. The number of hydrogen-bond acceptors (Lipinski definition) is 4. The molecule has 1 rings (SSSR count). The van der Waals surface area contributed by atoms with Gasteiger partial charge in [-0.1, -0.05) is 6.92 Å². The van der Waals surface area contributed by atoms with Gasteiger partial charge in [-0.2, -0.15) is 0 Å². The summed E-state index contributed by atoms with van der Waals surface area (Å²) in [6.07, 6.45) is 2.47. The number of nitrogens with one attached hydrogen (secondary N) is 1. The first-order valence-corrected chi connectivity index (χ1v) is 7.79. The molecular formula is C15H30N4O2. The van der Waals surface area contributed by atoms with Gasteiger partial charge in [0.1, 0.15) is 11.4 Å². The molecule has 0 aromatic heterocycles. The minimum absolute atomic E-state index is 0.234. The topological polar surface area (TPSA) is 80.0 Å². The summed E-state index contributed by atoms with van der Waals surface area (Å²) < 4.78 is 5.40. The lowest BCUT2D eigenvalue weighted by atomic mass is 9.95. The summed E-state index contributed by atoms with van der Waals surface area (Å²) in [6, 6.07) is 0.264. The third-order valence-corrected chi connectivity index (χ3v) is 3.63. The molecule has 6 heteroatoms. The minimum Gasteiger partial charge on any atom is -0.444 e. The first-order valence-electron chi connectivity index (χ1n) is 7.79. The van der Waals surface area contributed by atoms with Gasteiger partial charge in [-0.3, -0.25) is 4.99 Å². The highest BCUT2D eigenvalue weighted by molar-refractivity contribution is 5.84. The van der Waals surface area contributed by atoms with Crippen molar-refractivity contribution in [2.75, 3.05) is 13.1 Å². The van der Waals surface area contributed by atoms with Crippen LogP contribution >= 0.6 is 0 Å². The van der Waals surface area contributed by atoms with Gasteiger partial charge in [0.2, 0.25) is 0 Å². The Bertz CT molecular complexity index is 368. The monoisotopic (exact) mass is 298 g/mol. The number of amides is 1. The number of carbonyl (C=O) groups is 1. The van der Waals surface area contributed by atoms with Gasteiger partial charge in [-0.15, -0.1) is 0 Å². The molecule has 0 bridgehead atoms. The van der Waals surface area contributed by atoms with Crippen molar-refractivity contribution in [2.45, 2.75) is 65.5 Å². The molecular weight excluding hydrogens is 268 g/mol. The molecule has 1 atom stereocenters. The fourth-order valence-corrected chi connectivity index (χ4v) is 2.25. The molecule has 0 aromatic carbocycles. The summed E-state index contributed by atoms with van der Waals surface area (Å²) >= 11 is 0. The minimum atomic E-state index is -0.448. The Labute approximate surface area is 128 Å². The highest BCUT2D eigenvalue weighted by Gasteiger charge is 2.28. The number of hydrogen-bond donors (Lipinski definition) is 2. The van der Waals surface area contributed by atoms with Gasteiger partial charge in [0.25, 0.3) is 0 Å². The SMILES string of the molecule is CCC(C)N=C(NN)C1CCN(C(=O)OC(C)(C)C)CC1. The van der Waals surface area contributed by atoms with Crippen LogP contribution in [0.3, 0.4) is 0 Å². The number of piperidine rings is 1. The van der Waals surface area contributed by atoms with Crippen molar-refractivity contribution in [3.05, 3.63) is 0 Å². The maximum absolute atomic E-state index is 12.0. The van der Waals surface area contributed by atoms with Crippen molar-refractivity contribution in [3.63, 3.8) is 0 Å². The van der Waals surface area contributed by atoms with Crippen molar-refractivity contribution >= 4 is 11.9 Å². The van der Waals surface area contributed by atoms with Crippen LogP contribution in [0.2, 0.25) is 0 Å². The molecule has 1 amide bonds. The molecule has 0 aliphatic carbocycles. The second kappa shape index (κ2) is 7.64. The van der Waals surface area contributed by atoms with Gasteiger partial charge in [-0.25, -0.2) is 10.6 Å². The Balaban J connectivity index is 2.55. The van der Waals surface area contributed by atoms with Crippen LogP contribution in [0.1, 0.15) is 53.9 Å². The molecule has 6 nitrogen and oxygen atoms in total. The molecule has 21 heavy (non-hydrogen) atoms. The lowest BCUT2D eigenvalue weighted by molar-refractivity contribution is 0.0201. The fourth-order valence-electron chi connectivity index (χ4n) is 2.25. The van der Waals surface area contributed by atoms with E-state index in [1.165, 1.54) is 0 Å². The quantitative estimate of drug-likeness (QED) is 0.362. The van der Waals surface area contributed by atoms with Crippen LogP contribution in [0.4, 0.5) is 4.79 Å². The molecule has 1 saturated heterocycles. The molecule has 1 unspecified atom stereocenters. The number of nitrogens with zero attached hydrogens (tertiary/aromatic N) is 2. The zero-order chi connectivity index (χ0) is 16.0. The molecule has 1 heterocycles. The third kappa shape index (κ3) is 5.91. The van der Waals surface area contributed by atoms with Crippen LogP contribution in [0.5, 0.6) is 0 Å². The van der Waals surface area contributed by atoms with E-state index in [-0.39, 0.29) is 12.1 Å². The van der Waals surface area contributed by atoms with E-state index in [0.717, 1.165) is 25.1 Å². The second-order valence-corrected chi connectivity index (χ2v) is 6.66. The summed E-state index contributed by atoms with van der Waals surface area (Å²) in [5.74, 6) is 6.75. The Morgan fingerprint density at radius 3 is 2.43 bits per heavy atom. The van der Waals surface area contributed by atoms with Gasteiger partial charge >= 0.3 is 6.09 Å². The molecule has 0 saturated carbocycles. The summed E-state index contributed by atoms with van der Waals surface area (Å²) in [5.41, 5.74) is 2.29. The van der Waals surface area contributed by atoms with Gasteiger partial charge in [0.05, 0.1) is 0 Å². The number of hydrazine groups is 1. The van der Waals surface area contributed by atoms with E-state index in [1.54, 1.807) is 4.90 Å². The van der Waals surface area contributed by atoms with Gasteiger partial charge in [0.15, 0.2) is 0 Å². The third-order valence-electron chi connectivity index (χ3n) is 3.63. The normalized spacial score (nSPS) is 19.3. The summed E-state index contributed by atoms with van der Waals surface area (Å²) in [7, 11) is 0. The maximum atomic E-state index is 12.0. The molecule has 1 aliphatic heterocycles. The Morgan fingerprint density at radius 1 is 1.43 bits per heavy atom. The maximum Gasteiger partial charge on any atom is 0.410 e. The zero-order valence-electron chi connectivity index (χ0n) is 14.0. The van der Waals surface area contributed by atoms with Crippen molar-refractivity contribution in [1.29, 1.82) is 0 Å². The van der Waals surface area contributed by atoms with Crippen molar-refractivity contribution < 1.29 is 9.53 Å². The van der Waals surface area contributed by atoms with Crippen LogP contribution in [-0.4, -0.2) is 41.6 Å². The fraction of sp³-hybridized carbons (Fsp3) is 0.867. The van der Waals surface area contributed by atoms with Crippen molar-refractivity contribution in [1.82, 2.24) is 10.3 Å². The van der Waals surface area contributed by atoms with E-state index in [4.69, 9.17) is 10.6 Å². The zero-order valence-corrected chi connectivity index (χ0v) is 14.0. The Kier molecular flexibility index (Phi) is 6.45. The standard InChI is InChI=1S/C15H30N4O2/c1-6-11(2)17-13(18-16)12-7-9-19(10-8-12)14(20)21-15(3,4)5/h11-12H,6-10,16H2,1-5H3,(H,17,18). The first-order chi connectivity index (χ1) is 9.76. The highest BCUT2D eigenvalue weighted by atomic mass is 16.6. The molecule has 0 aromatic rings. The lowest BCUT2D eigenvalue weighted by Crippen LogP contribution is -2.46. The average Bonchev–Trinajstić information content (AvgIpc) is 2.42. The Morgan fingerprint density at radius 2 is 2.00 bits per heavy atom. The number of nitrogens with two attached hydrogens (primary N) is 1. The highest BCUT2D eigenvalue weighted by Crippen LogP contribution is 2.20. The number of likely N-dealkylation sites (tertiary alicyclic amines) is 1. The van der Waals surface area contributed by atoms with E-state index in [1.807, 2.05) is 20.8 Å². The summed E-state index contributed by atoms with van der Waals surface area (Å²) in [4.78, 5) is 18.4. The molecule has 0 radical (unpaired) electrons. The molecule has 0 spiro atoms. The van der Waals surface area contributed by atoms with Crippen LogP contribution < -0.4 is 11.3 Å². The van der Waals surface area contributed by atoms with E-state index >= 15 is 0 Å². The summed E-state index contributed by atoms with van der Waals surface area (Å²) in [5, 5.41) is 0. The number of aliphatic imine (C=N–C) groups is 1. The van der Waals surface area contributed by atoms with Gasteiger partial charge < -0.3 is 15.1 Å². The van der Waals surface area contributed by atoms with E-state index in [9.17, 15) is 4.79 Å². The Hall–Kier alpha value is -1.30. The van der Waals surface area contributed by atoms with Gasteiger partial charge in [-0.05, 0) is 47.0 Å². The van der Waals surface area contributed by atoms with Crippen LogP contribution in [0.15, 0.2) is 4.99 Å². The van der Waals surface area contributed by atoms with Gasteiger partial charge in [0, 0.05) is 25.0 Å². The number of carbonyl (C=O) groups excluding carboxylic acids is 1. The van der Waals surface area contributed by atoms with Crippen LogP contribution in [-0.2, 0) is 4.74 Å². The molecule has 122 valence electrons. The number of ether oxygens (including phenoxy) is 1.